The third kappa shape index (κ3) is 2.63. The normalized spacial score (nSPS) is 10.5. The second-order valence-electron chi connectivity index (χ2n) is 5.00. The molecule has 0 spiro atoms. The van der Waals surface area contributed by atoms with Crippen molar-refractivity contribution < 1.29 is 9.53 Å². The van der Waals surface area contributed by atoms with Crippen molar-refractivity contribution in [2.45, 2.75) is 0 Å². The molecule has 0 N–H and O–H groups in total. The van der Waals surface area contributed by atoms with Gasteiger partial charge < -0.3 is 4.74 Å². The molecule has 0 radical (unpaired) electrons. The maximum Gasteiger partial charge on any atom is 0.168 e. The van der Waals surface area contributed by atoms with Crippen molar-refractivity contribution in [3.05, 3.63) is 60.3 Å². The molecule has 4 nitrogen and oxygen atoms in total. The maximum absolute atomic E-state index is 10.9. The molecule has 0 bridgehead atoms. The largest absolute Gasteiger partial charge is 0.497 e. The summed E-state index contributed by atoms with van der Waals surface area (Å²) < 4.78 is 6.75. The summed E-state index contributed by atoms with van der Waals surface area (Å²) in [5.74, 6) is 0.843. The van der Waals surface area contributed by atoms with Crippen LogP contribution in [0.4, 0.5) is 0 Å². The molecule has 1 heterocycles. The monoisotopic (exact) mass is 292 g/mol. The number of hydrogen-bond donors (Lipinski definition) is 0. The van der Waals surface area contributed by atoms with Gasteiger partial charge in [0.2, 0.25) is 0 Å². The topological polar surface area (TPSA) is 44.1 Å². The molecular formula is C18H16N2O2. The van der Waals surface area contributed by atoms with Crippen LogP contribution >= 0.6 is 0 Å². The maximum atomic E-state index is 10.9. The number of aldehydes is 1. The summed E-state index contributed by atoms with van der Waals surface area (Å²) in [6.45, 7) is 0. The number of carbonyl (C=O) groups is 1. The van der Waals surface area contributed by atoms with E-state index in [9.17, 15) is 4.79 Å². The molecule has 4 heteroatoms. The lowest BCUT2D eigenvalue weighted by Crippen LogP contribution is -1.95. The molecule has 0 amide bonds. The van der Waals surface area contributed by atoms with Crippen LogP contribution in [0.25, 0.3) is 22.4 Å². The minimum absolute atomic E-state index is 0.564. The molecule has 2 aromatic carbocycles. The summed E-state index contributed by atoms with van der Waals surface area (Å²) in [4.78, 5) is 10.9. The Morgan fingerprint density at radius 3 is 2.00 bits per heavy atom. The zero-order valence-corrected chi connectivity index (χ0v) is 12.5. The Kier molecular flexibility index (Phi) is 3.74. The molecule has 0 aliphatic carbocycles. The average Bonchev–Trinajstić information content (AvgIpc) is 2.96. The van der Waals surface area contributed by atoms with E-state index in [1.54, 1.807) is 24.9 Å². The van der Waals surface area contributed by atoms with Gasteiger partial charge in [-0.1, -0.05) is 36.4 Å². The average molecular weight is 292 g/mol. The van der Waals surface area contributed by atoms with Gasteiger partial charge in [0.1, 0.15) is 11.4 Å². The van der Waals surface area contributed by atoms with Gasteiger partial charge in [0.25, 0.3) is 0 Å². The molecule has 0 atom stereocenters. The lowest BCUT2D eigenvalue weighted by molar-refractivity contribution is 0.111. The Morgan fingerprint density at radius 1 is 0.955 bits per heavy atom. The predicted molar refractivity (Wildman–Crippen MR) is 86.0 cm³/mol. The van der Waals surface area contributed by atoms with Crippen LogP contribution in [0.15, 0.2) is 54.6 Å². The van der Waals surface area contributed by atoms with Crippen LogP contribution in [-0.2, 0) is 7.05 Å². The van der Waals surface area contributed by atoms with Gasteiger partial charge in [-0.25, -0.2) is 0 Å². The van der Waals surface area contributed by atoms with Crippen LogP contribution in [-0.4, -0.2) is 23.2 Å². The fourth-order valence-corrected chi connectivity index (χ4v) is 2.35. The van der Waals surface area contributed by atoms with Gasteiger partial charge in [-0.3, -0.25) is 9.48 Å². The Hall–Kier alpha value is -2.88. The number of carbonyl (C=O) groups excluding carboxylic acids is 1. The van der Waals surface area contributed by atoms with Crippen molar-refractivity contribution in [1.82, 2.24) is 9.78 Å². The third-order valence-electron chi connectivity index (χ3n) is 3.64. The molecule has 1 aromatic heterocycles. The molecule has 3 aromatic rings. The van der Waals surface area contributed by atoms with Crippen LogP contribution < -0.4 is 4.74 Å². The molecule has 3 rings (SSSR count). The summed E-state index contributed by atoms with van der Waals surface area (Å²) in [7, 11) is 3.42. The van der Waals surface area contributed by atoms with E-state index in [0.29, 0.717) is 5.69 Å². The second-order valence-corrected chi connectivity index (χ2v) is 5.00. The Bertz CT molecular complexity index is 787. The molecule has 0 aliphatic rings. The van der Waals surface area contributed by atoms with Crippen LogP contribution in [0.3, 0.4) is 0 Å². The van der Waals surface area contributed by atoms with Gasteiger partial charge in [0.15, 0.2) is 6.29 Å². The number of aromatic nitrogens is 2. The summed E-state index contributed by atoms with van der Waals surface area (Å²) in [6, 6.07) is 17.8. The highest BCUT2D eigenvalue weighted by Crippen LogP contribution is 2.25. The first-order chi connectivity index (χ1) is 10.7. The van der Waals surface area contributed by atoms with Gasteiger partial charge >= 0.3 is 0 Å². The van der Waals surface area contributed by atoms with Crippen molar-refractivity contribution in [3.63, 3.8) is 0 Å². The Labute approximate surface area is 129 Å². The first kappa shape index (κ1) is 14.1. The van der Waals surface area contributed by atoms with Crippen LogP contribution in [0.1, 0.15) is 10.5 Å². The number of rotatable bonds is 4. The van der Waals surface area contributed by atoms with E-state index < -0.39 is 0 Å². The highest BCUT2D eigenvalue weighted by molar-refractivity contribution is 5.76. The zero-order valence-electron chi connectivity index (χ0n) is 12.5. The van der Waals surface area contributed by atoms with Gasteiger partial charge in [-0.15, -0.1) is 0 Å². The molecule has 0 fully saturated rings. The number of hydrogen-bond acceptors (Lipinski definition) is 3. The van der Waals surface area contributed by atoms with E-state index in [-0.39, 0.29) is 0 Å². The highest BCUT2D eigenvalue weighted by Gasteiger charge is 2.07. The van der Waals surface area contributed by atoms with Crippen LogP contribution in [0, 0.1) is 0 Å². The van der Waals surface area contributed by atoms with Crippen molar-refractivity contribution in [3.8, 4) is 28.1 Å². The first-order valence-corrected chi connectivity index (χ1v) is 6.95. The van der Waals surface area contributed by atoms with Gasteiger partial charge in [-0.2, -0.15) is 5.10 Å². The summed E-state index contributed by atoms with van der Waals surface area (Å²) >= 11 is 0. The van der Waals surface area contributed by atoms with E-state index in [4.69, 9.17) is 4.74 Å². The minimum atomic E-state index is 0.564. The van der Waals surface area contributed by atoms with Crippen molar-refractivity contribution in [1.29, 1.82) is 0 Å². The molecule has 0 saturated heterocycles. The standard InChI is InChI=1S/C18H16N2O2/c1-20-16(12-21)11-18(19-20)15-5-3-13(4-6-15)14-7-9-17(22-2)10-8-14/h3-12H,1-2H3. The van der Waals surface area contributed by atoms with Gasteiger partial charge in [0.05, 0.1) is 12.8 Å². The minimum Gasteiger partial charge on any atom is -0.497 e. The summed E-state index contributed by atoms with van der Waals surface area (Å²) in [5.41, 5.74) is 4.60. The van der Waals surface area contributed by atoms with E-state index in [0.717, 1.165) is 34.4 Å². The quantitative estimate of drug-likeness (QED) is 0.690. The third-order valence-corrected chi connectivity index (χ3v) is 3.64. The lowest BCUT2D eigenvalue weighted by atomic mass is 10.0. The van der Waals surface area contributed by atoms with Crippen molar-refractivity contribution in [2.24, 2.45) is 7.05 Å². The van der Waals surface area contributed by atoms with Crippen LogP contribution in [0.2, 0.25) is 0 Å². The second kappa shape index (κ2) is 5.85. The first-order valence-electron chi connectivity index (χ1n) is 6.95. The Balaban J connectivity index is 1.89. The number of nitrogens with zero attached hydrogens (tertiary/aromatic N) is 2. The number of aryl methyl sites for hydroxylation is 1. The number of methoxy groups -OCH3 is 1. The zero-order chi connectivity index (χ0) is 15.5. The molecule has 22 heavy (non-hydrogen) atoms. The fourth-order valence-electron chi connectivity index (χ4n) is 2.35. The molecule has 0 unspecified atom stereocenters. The molecule has 110 valence electrons. The van der Waals surface area contributed by atoms with Crippen molar-refractivity contribution >= 4 is 6.29 Å². The van der Waals surface area contributed by atoms with E-state index in [1.807, 2.05) is 48.5 Å². The molecular weight excluding hydrogens is 276 g/mol. The highest BCUT2D eigenvalue weighted by atomic mass is 16.5. The smallest absolute Gasteiger partial charge is 0.168 e. The van der Waals surface area contributed by atoms with Gasteiger partial charge in [0, 0.05) is 12.6 Å². The van der Waals surface area contributed by atoms with Gasteiger partial charge in [-0.05, 0) is 29.3 Å². The summed E-state index contributed by atoms with van der Waals surface area (Å²) in [5, 5.41) is 4.35. The van der Waals surface area contributed by atoms with E-state index in [1.165, 1.54) is 0 Å². The Morgan fingerprint density at radius 2 is 1.50 bits per heavy atom. The number of ether oxygens (including phenoxy) is 1. The van der Waals surface area contributed by atoms with E-state index >= 15 is 0 Å². The van der Waals surface area contributed by atoms with Crippen molar-refractivity contribution in [2.75, 3.05) is 7.11 Å². The summed E-state index contributed by atoms with van der Waals surface area (Å²) in [6.07, 6.45) is 0.808. The SMILES string of the molecule is COc1ccc(-c2ccc(-c3cc(C=O)n(C)n3)cc2)cc1. The predicted octanol–water partition coefficient (Wildman–Crippen LogP) is 3.58. The fraction of sp³-hybridized carbons (Fsp3) is 0.111. The van der Waals surface area contributed by atoms with E-state index in [2.05, 4.69) is 5.10 Å². The molecule has 0 saturated carbocycles. The lowest BCUT2D eigenvalue weighted by Gasteiger charge is -2.05. The molecule has 0 aliphatic heterocycles. The number of benzene rings is 2. The van der Waals surface area contributed by atoms with Crippen LogP contribution in [0.5, 0.6) is 5.75 Å².